The summed E-state index contributed by atoms with van der Waals surface area (Å²) in [5.41, 5.74) is 6.88. The van der Waals surface area contributed by atoms with Crippen LogP contribution >= 0.6 is 0 Å². The van der Waals surface area contributed by atoms with Crippen LogP contribution in [0.4, 0.5) is 10.5 Å². The fourth-order valence-electron chi connectivity index (χ4n) is 8.05. The minimum atomic E-state index is -3.82. The number of nitrogens with one attached hydrogen (secondary N) is 2. The Morgan fingerprint density at radius 1 is 0.960 bits per heavy atom. The van der Waals surface area contributed by atoms with Crippen molar-refractivity contribution < 1.29 is 18.5 Å². The number of urea groups is 1. The first-order valence-corrected chi connectivity index (χ1v) is 18.8. The van der Waals surface area contributed by atoms with Gasteiger partial charge < -0.3 is 14.8 Å². The van der Waals surface area contributed by atoms with E-state index >= 15 is 4.21 Å². The van der Waals surface area contributed by atoms with Gasteiger partial charge in [-0.2, -0.15) is 5.10 Å². The molecule has 2 N–H and O–H groups in total. The third-order valence-electron chi connectivity index (χ3n) is 10.3. The van der Waals surface area contributed by atoms with Crippen molar-refractivity contribution >= 4 is 21.6 Å². The highest BCUT2D eigenvalue weighted by Crippen LogP contribution is 2.45. The van der Waals surface area contributed by atoms with Crippen LogP contribution in [-0.4, -0.2) is 40.3 Å². The van der Waals surface area contributed by atoms with Crippen LogP contribution in [-0.2, 0) is 39.5 Å². The van der Waals surface area contributed by atoms with Crippen LogP contribution in [0.5, 0.6) is 5.88 Å². The lowest BCUT2D eigenvalue weighted by molar-refractivity contribution is 0.179. The van der Waals surface area contributed by atoms with E-state index in [-0.39, 0.29) is 16.9 Å². The van der Waals surface area contributed by atoms with Gasteiger partial charge in [0.05, 0.1) is 18.8 Å². The minimum absolute atomic E-state index is 0.0643. The van der Waals surface area contributed by atoms with Crippen LogP contribution in [0.2, 0.25) is 0 Å². The Hall–Kier alpha value is -4.77. The summed E-state index contributed by atoms with van der Waals surface area (Å²) >= 11 is 0. The Labute approximate surface area is 293 Å². The van der Waals surface area contributed by atoms with Crippen LogP contribution in [0.1, 0.15) is 70.7 Å². The summed E-state index contributed by atoms with van der Waals surface area (Å²) < 4.78 is 37.6. The molecular formula is C40H41N5O4S. The predicted molar refractivity (Wildman–Crippen MR) is 194 cm³/mol. The summed E-state index contributed by atoms with van der Waals surface area (Å²) in [5.74, 6) is 0.505. The van der Waals surface area contributed by atoms with E-state index < -0.39 is 21.5 Å². The van der Waals surface area contributed by atoms with Crippen LogP contribution in [0.3, 0.4) is 0 Å². The van der Waals surface area contributed by atoms with Crippen molar-refractivity contribution in [1.29, 1.82) is 0 Å². The number of hydrogen-bond acceptors (Lipinski definition) is 5. The highest BCUT2D eigenvalue weighted by molar-refractivity contribution is 7.92. The Bertz CT molecular complexity index is 2060. The predicted octanol–water partition coefficient (Wildman–Crippen LogP) is 7.56. The molecule has 3 aliphatic rings. The molecular weight excluding hydrogens is 647 g/mol. The van der Waals surface area contributed by atoms with E-state index in [0.717, 1.165) is 65.6 Å². The topological polar surface area (TPSA) is 107 Å². The molecule has 0 radical (unpaired) electrons. The van der Waals surface area contributed by atoms with E-state index in [1.54, 1.807) is 11.8 Å². The first-order chi connectivity index (χ1) is 24.4. The van der Waals surface area contributed by atoms with Gasteiger partial charge in [-0.1, -0.05) is 97.1 Å². The van der Waals surface area contributed by atoms with Gasteiger partial charge in [-0.15, -0.1) is 4.36 Å². The molecule has 0 saturated carbocycles. The van der Waals surface area contributed by atoms with Gasteiger partial charge in [-0.3, -0.25) is 0 Å². The third kappa shape index (κ3) is 5.52. The Morgan fingerprint density at radius 3 is 2.22 bits per heavy atom. The van der Waals surface area contributed by atoms with Crippen LogP contribution in [0.15, 0.2) is 113 Å². The van der Waals surface area contributed by atoms with Crippen molar-refractivity contribution in [3.8, 4) is 5.88 Å². The molecule has 10 heteroatoms. The number of aryl methyl sites for hydroxylation is 2. The molecule has 0 spiro atoms. The average Bonchev–Trinajstić information content (AvgIpc) is 3.95. The number of fused-ring (bicyclic) bond motifs is 3. The number of aromatic nitrogens is 2. The van der Waals surface area contributed by atoms with Crippen molar-refractivity contribution in [2.75, 3.05) is 25.6 Å². The van der Waals surface area contributed by atoms with E-state index in [9.17, 15) is 4.79 Å². The summed E-state index contributed by atoms with van der Waals surface area (Å²) in [6.07, 6.45) is 6.28. The minimum Gasteiger partial charge on any atom is -0.475 e. The third-order valence-corrected chi connectivity index (χ3v) is 12.2. The van der Waals surface area contributed by atoms with E-state index in [1.807, 2.05) is 97.9 Å². The zero-order chi connectivity index (χ0) is 34.3. The average molecular weight is 688 g/mol. The molecule has 1 aromatic heterocycles. The second kappa shape index (κ2) is 13.2. The van der Waals surface area contributed by atoms with Gasteiger partial charge in [-0.25, -0.2) is 18.4 Å². The molecule has 2 heterocycles. The van der Waals surface area contributed by atoms with E-state index in [4.69, 9.17) is 9.47 Å². The second-order valence-corrected chi connectivity index (χ2v) is 15.3. The lowest BCUT2D eigenvalue weighted by Gasteiger charge is -2.37. The molecule has 9 nitrogen and oxygen atoms in total. The number of benzene rings is 4. The fourth-order valence-corrected chi connectivity index (χ4v) is 9.93. The Morgan fingerprint density at radius 2 is 1.60 bits per heavy atom. The Balaban J connectivity index is 1.33. The maximum atomic E-state index is 16.0. The molecule has 1 aliphatic heterocycles. The number of carbonyl (C=O) groups is 1. The number of methoxy groups -OCH3 is 1. The molecule has 4 aromatic carbocycles. The highest BCUT2D eigenvalue weighted by Gasteiger charge is 2.43. The molecule has 5 aromatic rings. The SMILES string of the molecule is COC[C@@H]1CCc2cc3c(c(NC(=O)N=[S@@](=O)(NC(c4ccccc4)(c4ccccc4)c4ccccc4)c4cnn5c4OC[C@@H]5C)c21)CCC3. The quantitative estimate of drug-likeness (QED) is 0.156. The molecule has 50 heavy (non-hydrogen) atoms. The molecule has 0 bridgehead atoms. The van der Waals surface area contributed by atoms with Gasteiger partial charge in [0.25, 0.3) is 0 Å². The maximum Gasteiger partial charge on any atom is 0.354 e. The van der Waals surface area contributed by atoms with Gasteiger partial charge in [0, 0.05) is 18.7 Å². The first kappa shape index (κ1) is 32.4. The number of hydrogen-bond donors (Lipinski definition) is 2. The summed E-state index contributed by atoms with van der Waals surface area (Å²) in [5, 5.41) is 7.76. The highest BCUT2D eigenvalue weighted by atomic mass is 32.2. The molecule has 2 amide bonds. The number of amides is 2. The van der Waals surface area contributed by atoms with Crippen LogP contribution in [0.25, 0.3) is 0 Å². The number of rotatable bonds is 9. The monoisotopic (exact) mass is 687 g/mol. The number of carbonyl (C=O) groups excluding carboxylic acids is 1. The van der Waals surface area contributed by atoms with Crippen LogP contribution in [0, 0.1) is 0 Å². The van der Waals surface area contributed by atoms with E-state index in [2.05, 4.69) is 25.6 Å². The molecule has 0 saturated heterocycles. The zero-order valence-corrected chi connectivity index (χ0v) is 29.1. The zero-order valence-electron chi connectivity index (χ0n) is 28.3. The molecule has 0 fully saturated rings. The molecule has 8 rings (SSSR count). The lowest BCUT2D eigenvalue weighted by Crippen LogP contribution is -2.48. The van der Waals surface area contributed by atoms with Crippen molar-refractivity contribution in [1.82, 2.24) is 14.5 Å². The van der Waals surface area contributed by atoms with Crippen LogP contribution < -0.4 is 14.8 Å². The normalized spacial score (nSPS) is 18.8. The number of ether oxygens (including phenoxy) is 2. The standard InChI is InChI=1S/C40H41N5O4S/c1-27-25-49-38-35(24-41-45(27)38)50(47,43-39(46)42-37-34-20-12-13-28(34)23-29-21-22-30(26-48-2)36(29)37)44-40(31-14-6-3-7-15-31,32-16-8-4-9-17-32)33-18-10-5-11-19-33/h3-11,14-19,23-24,27,30H,12-13,20-22,25-26H2,1-2H3,(H2,42,43,44,46,47)/t27-,30-,50+/m0/s1. The van der Waals surface area contributed by atoms with Gasteiger partial charge in [-0.05, 0) is 78.0 Å². The largest absolute Gasteiger partial charge is 0.475 e. The second-order valence-electron chi connectivity index (χ2n) is 13.4. The van der Waals surface area contributed by atoms with E-state index in [1.165, 1.54) is 17.3 Å². The molecule has 2 aliphatic carbocycles. The maximum absolute atomic E-state index is 16.0. The van der Waals surface area contributed by atoms with Crippen molar-refractivity contribution in [3.63, 3.8) is 0 Å². The van der Waals surface area contributed by atoms with Gasteiger partial charge in [0.2, 0.25) is 5.88 Å². The smallest absolute Gasteiger partial charge is 0.354 e. The van der Waals surface area contributed by atoms with E-state index in [0.29, 0.717) is 19.1 Å². The van der Waals surface area contributed by atoms with Crippen molar-refractivity contribution in [3.05, 3.63) is 142 Å². The van der Waals surface area contributed by atoms with Crippen molar-refractivity contribution in [2.45, 2.75) is 61.4 Å². The lowest BCUT2D eigenvalue weighted by atomic mass is 9.78. The number of nitrogens with zero attached hydrogens (tertiary/aromatic N) is 3. The Kier molecular flexibility index (Phi) is 8.54. The first-order valence-electron chi connectivity index (χ1n) is 17.3. The summed E-state index contributed by atoms with van der Waals surface area (Å²) in [7, 11) is -2.10. The number of anilines is 1. The van der Waals surface area contributed by atoms with Gasteiger partial charge in [0.1, 0.15) is 17.0 Å². The molecule has 256 valence electrons. The fraction of sp³-hybridized carbons (Fsp3) is 0.300. The van der Waals surface area contributed by atoms with Crippen molar-refractivity contribution in [2.24, 2.45) is 4.36 Å². The molecule has 0 unspecified atom stereocenters. The summed E-state index contributed by atoms with van der Waals surface area (Å²) in [6, 6.07) is 31.2. The summed E-state index contributed by atoms with van der Waals surface area (Å²) in [4.78, 5) is 14.7. The molecule has 3 atom stereocenters. The van der Waals surface area contributed by atoms with Gasteiger partial charge >= 0.3 is 6.03 Å². The van der Waals surface area contributed by atoms with Gasteiger partial charge in [0.15, 0.2) is 9.92 Å². The summed E-state index contributed by atoms with van der Waals surface area (Å²) in [6.45, 7) is 2.93.